The summed E-state index contributed by atoms with van der Waals surface area (Å²) in [6.07, 6.45) is 0. The summed E-state index contributed by atoms with van der Waals surface area (Å²) in [5.74, 6) is 0.941. The lowest BCUT2D eigenvalue weighted by Gasteiger charge is -2.10. The molecule has 0 unspecified atom stereocenters. The lowest BCUT2D eigenvalue weighted by Crippen LogP contribution is -2.11. The fourth-order valence-electron chi connectivity index (χ4n) is 1.93. The van der Waals surface area contributed by atoms with Crippen molar-refractivity contribution in [2.24, 2.45) is 0 Å². The molecule has 0 aliphatic carbocycles. The molecule has 0 radical (unpaired) electrons. The van der Waals surface area contributed by atoms with Gasteiger partial charge in [-0.25, -0.2) is 0 Å². The Morgan fingerprint density at radius 2 is 1.81 bits per heavy atom. The Morgan fingerprint density at radius 1 is 1.06 bits per heavy atom. The van der Waals surface area contributed by atoms with Gasteiger partial charge in [-0.05, 0) is 23.6 Å². The second-order valence-corrected chi connectivity index (χ2v) is 3.75. The quantitative estimate of drug-likeness (QED) is 0.846. The zero-order valence-electron chi connectivity index (χ0n) is 9.79. The Hall–Kier alpha value is -1.54. The van der Waals surface area contributed by atoms with Gasteiger partial charge in [0.15, 0.2) is 0 Å². The summed E-state index contributed by atoms with van der Waals surface area (Å²) in [5, 5.41) is 5.80. The van der Waals surface area contributed by atoms with E-state index in [1.54, 1.807) is 7.11 Å². The van der Waals surface area contributed by atoms with Crippen molar-refractivity contribution in [1.82, 2.24) is 5.32 Å². The van der Waals surface area contributed by atoms with Gasteiger partial charge in [0.05, 0.1) is 7.11 Å². The molecule has 1 N–H and O–H groups in total. The first-order chi connectivity index (χ1) is 7.86. The monoisotopic (exact) mass is 215 g/mol. The smallest absolute Gasteiger partial charge is 0.126 e. The van der Waals surface area contributed by atoms with Crippen LogP contribution in [-0.2, 0) is 6.54 Å². The van der Waals surface area contributed by atoms with Crippen LogP contribution in [-0.4, -0.2) is 13.7 Å². The van der Waals surface area contributed by atoms with Gasteiger partial charge in [0, 0.05) is 11.9 Å². The van der Waals surface area contributed by atoms with Crippen molar-refractivity contribution in [3.05, 3.63) is 42.0 Å². The van der Waals surface area contributed by atoms with E-state index in [-0.39, 0.29) is 0 Å². The number of fused-ring (bicyclic) bond motifs is 1. The standard InChI is InChI=1S/C14H17NO/c1-3-15-10-11-8-9-14(16-2)13-7-5-4-6-12(11)13/h4-9,15H,3,10H2,1-2H3. The Balaban J connectivity index is 2.51. The maximum Gasteiger partial charge on any atom is 0.126 e. The van der Waals surface area contributed by atoms with Crippen LogP contribution >= 0.6 is 0 Å². The van der Waals surface area contributed by atoms with E-state index in [2.05, 4.69) is 36.5 Å². The molecule has 0 aliphatic heterocycles. The summed E-state index contributed by atoms with van der Waals surface area (Å²) >= 11 is 0. The molecule has 0 heterocycles. The van der Waals surface area contributed by atoms with Gasteiger partial charge in [-0.15, -0.1) is 0 Å². The van der Waals surface area contributed by atoms with Crippen molar-refractivity contribution in [1.29, 1.82) is 0 Å². The molecule has 0 saturated carbocycles. The van der Waals surface area contributed by atoms with E-state index in [9.17, 15) is 0 Å². The molecular weight excluding hydrogens is 198 g/mol. The first-order valence-electron chi connectivity index (χ1n) is 5.62. The van der Waals surface area contributed by atoms with Crippen molar-refractivity contribution >= 4 is 10.8 Å². The minimum absolute atomic E-state index is 0.904. The van der Waals surface area contributed by atoms with Gasteiger partial charge in [-0.1, -0.05) is 37.3 Å². The van der Waals surface area contributed by atoms with Crippen LogP contribution in [0, 0.1) is 0 Å². The molecule has 0 aromatic heterocycles. The zero-order chi connectivity index (χ0) is 11.4. The Bertz CT molecular complexity index is 479. The number of methoxy groups -OCH3 is 1. The topological polar surface area (TPSA) is 21.3 Å². The molecule has 0 atom stereocenters. The van der Waals surface area contributed by atoms with Crippen LogP contribution in [0.15, 0.2) is 36.4 Å². The van der Waals surface area contributed by atoms with Crippen LogP contribution in [0.2, 0.25) is 0 Å². The fraction of sp³-hybridized carbons (Fsp3) is 0.286. The third kappa shape index (κ3) is 2.02. The van der Waals surface area contributed by atoms with Crippen molar-refractivity contribution in [2.45, 2.75) is 13.5 Å². The van der Waals surface area contributed by atoms with Gasteiger partial charge in [0.1, 0.15) is 5.75 Å². The summed E-state index contributed by atoms with van der Waals surface area (Å²) in [7, 11) is 1.71. The molecule has 0 amide bonds. The van der Waals surface area contributed by atoms with Gasteiger partial charge in [0.2, 0.25) is 0 Å². The molecule has 2 aromatic carbocycles. The highest BCUT2D eigenvalue weighted by Crippen LogP contribution is 2.28. The number of hydrogen-bond donors (Lipinski definition) is 1. The largest absolute Gasteiger partial charge is 0.496 e. The summed E-state index contributed by atoms with van der Waals surface area (Å²) < 4.78 is 5.37. The predicted molar refractivity (Wildman–Crippen MR) is 67.9 cm³/mol. The SMILES string of the molecule is CCNCc1ccc(OC)c2ccccc12. The summed E-state index contributed by atoms with van der Waals surface area (Å²) in [6, 6.07) is 12.5. The van der Waals surface area contributed by atoms with Crippen LogP contribution in [0.25, 0.3) is 10.8 Å². The fourth-order valence-corrected chi connectivity index (χ4v) is 1.93. The molecule has 0 aliphatic rings. The highest BCUT2D eigenvalue weighted by Gasteiger charge is 2.04. The van der Waals surface area contributed by atoms with Crippen LogP contribution in [0.3, 0.4) is 0 Å². The van der Waals surface area contributed by atoms with Crippen molar-refractivity contribution in [2.75, 3.05) is 13.7 Å². The first kappa shape index (κ1) is 11.0. The van der Waals surface area contributed by atoms with E-state index < -0.39 is 0 Å². The van der Waals surface area contributed by atoms with Gasteiger partial charge in [0.25, 0.3) is 0 Å². The molecular formula is C14H17NO. The second kappa shape index (κ2) is 4.99. The minimum Gasteiger partial charge on any atom is -0.496 e. The number of rotatable bonds is 4. The molecule has 2 heteroatoms. The number of hydrogen-bond acceptors (Lipinski definition) is 2. The van der Waals surface area contributed by atoms with E-state index in [0.717, 1.165) is 18.8 Å². The van der Waals surface area contributed by atoms with E-state index in [0.29, 0.717) is 0 Å². The van der Waals surface area contributed by atoms with Crippen molar-refractivity contribution < 1.29 is 4.74 Å². The highest BCUT2D eigenvalue weighted by molar-refractivity contribution is 5.91. The van der Waals surface area contributed by atoms with Crippen molar-refractivity contribution in [3.63, 3.8) is 0 Å². The average molecular weight is 215 g/mol. The molecule has 2 rings (SSSR count). The number of ether oxygens (including phenoxy) is 1. The Kier molecular flexibility index (Phi) is 3.42. The van der Waals surface area contributed by atoms with Gasteiger partial charge in [-0.2, -0.15) is 0 Å². The lowest BCUT2D eigenvalue weighted by atomic mass is 10.0. The predicted octanol–water partition coefficient (Wildman–Crippen LogP) is 2.96. The van der Waals surface area contributed by atoms with Crippen LogP contribution in [0.1, 0.15) is 12.5 Å². The Morgan fingerprint density at radius 3 is 2.50 bits per heavy atom. The van der Waals surface area contributed by atoms with Gasteiger partial charge >= 0.3 is 0 Å². The molecule has 84 valence electrons. The lowest BCUT2D eigenvalue weighted by molar-refractivity contribution is 0.419. The zero-order valence-corrected chi connectivity index (χ0v) is 9.79. The number of nitrogens with one attached hydrogen (secondary N) is 1. The van der Waals surface area contributed by atoms with Crippen LogP contribution in [0.4, 0.5) is 0 Å². The number of benzene rings is 2. The highest BCUT2D eigenvalue weighted by atomic mass is 16.5. The molecule has 0 fully saturated rings. The summed E-state index contributed by atoms with van der Waals surface area (Å²) in [5.41, 5.74) is 1.32. The third-order valence-electron chi connectivity index (χ3n) is 2.76. The van der Waals surface area contributed by atoms with Crippen LogP contribution in [0.5, 0.6) is 5.75 Å². The van der Waals surface area contributed by atoms with E-state index in [1.807, 2.05) is 12.1 Å². The second-order valence-electron chi connectivity index (χ2n) is 3.75. The maximum atomic E-state index is 5.37. The van der Waals surface area contributed by atoms with E-state index in [1.165, 1.54) is 16.3 Å². The normalized spacial score (nSPS) is 10.6. The molecule has 0 saturated heterocycles. The van der Waals surface area contributed by atoms with E-state index in [4.69, 9.17) is 4.74 Å². The first-order valence-corrected chi connectivity index (χ1v) is 5.62. The van der Waals surface area contributed by atoms with Crippen LogP contribution < -0.4 is 10.1 Å². The molecule has 2 aromatic rings. The van der Waals surface area contributed by atoms with Gasteiger partial charge in [-0.3, -0.25) is 0 Å². The van der Waals surface area contributed by atoms with Crippen molar-refractivity contribution in [3.8, 4) is 5.75 Å². The summed E-state index contributed by atoms with van der Waals surface area (Å²) in [4.78, 5) is 0. The average Bonchev–Trinajstić information content (AvgIpc) is 2.36. The van der Waals surface area contributed by atoms with Gasteiger partial charge < -0.3 is 10.1 Å². The molecule has 16 heavy (non-hydrogen) atoms. The molecule has 0 spiro atoms. The molecule has 0 bridgehead atoms. The molecule has 2 nitrogen and oxygen atoms in total. The van der Waals surface area contributed by atoms with E-state index >= 15 is 0 Å². The minimum atomic E-state index is 0.904. The third-order valence-corrected chi connectivity index (χ3v) is 2.76. The maximum absolute atomic E-state index is 5.37. The summed E-state index contributed by atoms with van der Waals surface area (Å²) in [6.45, 7) is 4.01. The Labute approximate surface area is 96.2 Å².